The van der Waals surface area contributed by atoms with Crippen LogP contribution in [0, 0.1) is 5.92 Å². The van der Waals surface area contributed by atoms with E-state index in [-0.39, 0.29) is 6.10 Å². The van der Waals surface area contributed by atoms with Crippen LogP contribution in [-0.2, 0) is 9.53 Å². The molecule has 2 saturated heterocycles. The molecule has 3 heteroatoms. The van der Waals surface area contributed by atoms with Crippen molar-refractivity contribution < 1.29 is 14.6 Å². The molecule has 3 unspecified atom stereocenters. The average molecular weight is 156 g/mol. The van der Waals surface area contributed by atoms with Crippen LogP contribution < -0.4 is 0 Å². The van der Waals surface area contributed by atoms with Crippen molar-refractivity contribution in [3.63, 3.8) is 0 Å². The minimum atomic E-state index is -0.689. The van der Waals surface area contributed by atoms with Gasteiger partial charge in [-0.15, -0.1) is 0 Å². The van der Waals surface area contributed by atoms with Crippen molar-refractivity contribution in [2.45, 2.75) is 37.9 Å². The van der Waals surface area contributed by atoms with Crippen LogP contribution in [0.15, 0.2) is 0 Å². The molecule has 0 spiro atoms. The summed E-state index contributed by atoms with van der Waals surface area (Å²) >= 11 is 0. The minimum Gasteiger partial charge on any atom is -0.481 e. The zero-order chi connectivity index (χ0) is 7.84. The van der Waals surface area contributed by atoms with Gasteiger partial charge in [0.15, 0.2) is 0 Å². The quantitative estimate of drug-likeness (QED) is 0.649. The summed E-state index contributed by atoms with van der Waals surface area (Å²) in [5.41, 5.74) is 0. The van der Waals surface area contributed by atoms with Gasteiger partial charge in [-0.3, -0.25) is 4.79 Å². The van der Waals surface area contributed by atoms with E-state index in [1.807, 2.05) is 0 Å². The van der Waals surface area contributed by atoms with Crippen LogP contribution in [-0.4, -0.2) is 23.3 Å². The van der Waals surface area contributed by atoms with E-state index in [0.717, 1.165) is 19.3 Å². The number of carboxylic acids is 1. The summed E-state index contributed by atoms with van der Waals surface area (Å²) in [6, 6.07) is 0. The summed E-state index contributed by atoms with van der Waals surface area (Å²) in [6.07, 6.45) is 4.11. The molecule has 11 heavy (non-hydrogen) atoms. The Bertz CT molecular complexity index is 178. The topological polar surface area (TPSA) is 46.5 Å². The normalized spacial score (nSPS) is 41.3. The maximum Gasteiger partial charge on any atom is 0.303 e. The van der Waals surface area contributed by atoms with Crippen molar-refractivity contribution in [1.29, 1.82) is 0 Å². The molecule has 0 aromatic rings. The molecule has 3 atom stereocenters. The first-order chi connectivity index (χ1) is 5.25. The van der Waals surface area contributed by atoms with Gasteiger partial charge >= 0.3 is 5.97 Å². The molecule has 2 aliphatic heterocycles. The minimum absolute atomic E-state index is 0.260. The van der Waals surface area contributed by atoms with Gasteiger partial charge in [0, 0.05) is 0 Å². The molecule has 0 aliphatic carbocycles. The maximum absolute atomic E-state index is 10.4. The second kappa shape index (κ2) is 2.48. The molecule has 2 bridgehead atoms. The highest BCUT2D eigenvalue weighted by Gasteiger charge is 2.41. The third kappa shape index (κ3) is 1.25. The van der Waals surface area contributed by atoms with Crippen molar-refractivity contribution in [3.05, 3.63) is 0 Å². The third-order valence-corrected chi connectivity index (χ3v) is 2.67. The van der Waals surface area contributed by atoms with E-state index in [1.54, 1.807) is 0 Å². The van der Waals surface area contributed by atoms with Crippen LogP contribution in [0.4, 0.5) is 0 Å². The summed E-state index contributed by atoms with van der Waals surface area (Å²) in [5, 5.41) is 8.55. The monoisotopic (exact) mass is 156 g/mol. The van der Waals surface area contributed by atoms with E-state index < -0.39 is 5.97 Å². The number of aliphatic carboxylic acids is 1. The standard InChI is InChI=1S/C8H12O3/c9-8(10)4-5-3-6-1-2-7(5)11-6/h5-7H,1-4H2,(H,9,10). The Morgan fingerprint density at radius 3 is 2.82 bits per heavy atom. The lowest BCUT2D eigenvalue weighted by molar-refractivity contribution is -0.138. The molecular formula is C8H12O3. The van der Waals surface area contributed by atoms with E-state index >= 15 is 0 Å². The fourth-order valence-corrected chi connectivity index (χ4v) is 2.18. The Hall–Kier alpha value is -0.570. The van der Waals surface area contributed by atoms with Gasteiger partial charge in [-0.1, -0.05) is 0 Å². The van der Waals surface area contributed by atoms with E-state index in [2.05, 4.69) is 0 Å². The van der Waals surface area contributed by atoms with E-state index in [9.17, 15) is 4.79 Å². The second-order valence-corrected chi connectivity index (χ2v) is 3.47. The van der Waals surface area contributed by atoms with Crippen LogP contribution in [0.25, 0.3) is 0 Å². The van der Waals surface area contributed by atoms with Gasteiger partial charge in [-0.2, -0.15) is 0 Å². The number of hydrogen-bond donors (Lipinski definition) is 1. The van der Waals surface area contributed by atoms with Gasteiger partial charge in [-0.05, 0) is 25.2 Å². The molecule has 0 saturated carbocycles. The van der Waals surface area contributed by atoms with E-state index in [4.69, 9.17) is 9.84 Å². The van der Waals surface area contributed by atoms with Gasteiger partial charge in [-0.25, -0.2) is 0 Å². The van der Waals surface area contributed by atoms with Crippen LogP contribution in [0.2, 0.25) is 0 Å². The Labute approximate surface area is 65.4 Å². The van der Waals surface area contributed by atoms with Crippen LogP contribution in [0.3, 0.4) is 0 Å². The largest absolute Gasteiger partial charge is 0.481 e. The van der Waals surface area contributed by atoms with Gasteiger partial charge in [0.1, 0.15) is 0 Å². The van der Waals surface area contributed by atoms with Gasteiger partial charge < -0.3 is 9.84 Å². The Kier molecular flexibility index (Phi) is 1.60. The van der Waals surface area contributed by atoms with Crippen LogP contribution in [0.1, 0.15) is 25.7 Å². The molecular weight excluding hydrogens is 144 g/mol. The number of hydrogen-bond acceptors (Lipinski definition) is 2. The Balaban J connectivity index is 1.92. The molecule has 2 aliphatic rings. The molecule has 3 nitrogen and oxygen atoms in total. The van der Waals surface area contributed by atoms with Gasteiger partial charge in [0.25, 0.3) is 0 Å². The fourth-order valence-electron chi connectivity index (χ4n) is 2.18. The second-order valence-electron chi connectivity index (χ2n) is 3.47. The Morgan fingerprint density at radius 2 is 2.36 bits per heavy atom. The van der Waals surface area contributed by atoms with E-state index in [1.165, 1.54) is 0 Å². The third-order valence-electron chi connectivity index (χ3n) is 2.67. The highest BCUT2D eigenvalue weighted by Crippen LogP contribution is 2.40. The summed E-state index contributed by atoms with van der Waals surface area (Å²) in [5.74, 6) is -0.391. The average Bonchev–Trinajstić information content (AvgIpc) is 2.45. The first-order valence-corrected chi connectivity index (χ1v) is 4.13. The smallest absolute Gasteiger partial charge is 0.303 e. The summed E-state index contributed by atoms with van der Waals surface area (Å²) in [6.45, 7) is 0. The van der Waals surface area contributed by atoms with E-state index in [0.29, 0.717) is 18.4 Å². The molecule has 0 radical (unpaired) electrons. The fraction of sp³-hybridized carbons (Fsp3) is 0.875. The lowest BCUT2D eigenvalue weighted by Gasteiger charge is -2.15. The predicted octanol–water partition coefficient (Wildman–Crippen LogP) is 1.03. The highest BCUT2D eigenvalue weighted by atomic mass is 16.5. The Morgan fingerprint density at radius 1 is 1.55 bits per heavy atom. The first kappa shape index (κ1) is 7.10. The van der Waals surface area contributed by atoms with Crippen molar-refractivity contribution in [2.75, 3.05) is 0 Å². The first-order valence-electron chi connectivity index (χ1n) is 4.13. The lowest BCUT2D eigenvalue weighted by atomic mass is 9.87. The molecule has 0 aromatic heterocycles. The predicted molar refractivity (Wildman–Crippen MR) is 38.3 cm³/mol. The highest BCUT2D eigenvalue weighted by molar-refractivity contribution is 5.67. The van der Waals surface area contributed by atoms with Crippen molar-refractivity contribution in [2.24, 2.45) is 5.92 Å². The summed E-state index contributed by atoms with van der Waals surface area (Å²) in [4.78, 5) is 10.4. The molecule has 0 amide bonds. The number of ether oxygens (including phenoxy) is 1. The maximum atomic E-state index is 10.4. The zero-order valence-corrected chi connectivity index (χ0v) is 6.32. The zero-order valence-electron chi connectivity index (χ0n) is 6.32. The number of rotatable bonds is 2. The SMILES string of the molecule is O=C(O)CC1CC2CCC1O2. The molecule has 1 N–H and O–H groups in total. The number of fused-ring (bicyclic) bond motifs is 2. The summed E-state index contributed by atoms with van der Waals surface area (Å²) < 4.78 is 5.52. The van der Waals surface area contributed by atoms with Gasteiger partial charge in [0.05, 0.1) is 18.6 Å². The van der Waals surface area contributed by atoms with Crippen molar-refractivity contribution in [1.82, 2.24) is 0 Å². The molecule has 62 valence electrons. The van der Waals surface area contributed by atoms with Gasteiger partial charge in [0.2, 0.25) is 0 Å². The van der Waals surface area contributed by atoms with Crippen molar-refractivity contribution >= 4 is 5.97 Å². The number of carbonyl (C=O) groups is 1. The molecule has 2 rings (SSSR count). The molecule has 2 heterocycles. The van der Waals surface area contributed by atoms with Crippen LogP contribution in [0.5, 0.6) is 0 Å². The van der Waals surface area contributed by atoms with Crippen molar-refractivity contribution in [3.8, 4) is 0 Å². The van der Waals surface area contributed by atoms with Crippen LogP contribution >= 0.6 is 0 Å². The lowest BCUT2D eigenvalue weighted by Crippen LogP contribution is -2.19. The number of carboxylic acid groups (broad SMARTS) is 1. The molecule has 2 fully saturated rings. The molecule has 0 aromatic carbocycles. The summed E-state index contributed by atoms with van der Waals surface area (Å²) in [7, 11) is 0.